The average Bonchev–Trinajstić information content (AvgIpc) is 2.85. The topological polar surface area (TPSA) is 29.3 Å². The lowest BCUT2D eigenvalue weighted by Gasteiger charge is -2.32. The molecule has 0 amide bonds. The number of hydrogen-bond acceptors (Lipinski definition) is 3. The Hall–Kier alpha value is -0.680. The van der Waals surface area contributed by atoms with Crippen LogP contribution in [0.25, 0.3) is 0 Å². The first-order valence-corrected chi connectivity index (χ1v) is 8.47. The van der Waals surface area contributed by atoms with Crippen LogP contribution in [0.2, 0.25) is 0 Å². The summed E-state index contributed by atoms with van der Waals surface area (Å²) in [4.78, 5) is 2.35. The van der Waals surface area contributed by atoms with Crippen molar-refractivity contribution in [3.63, 3.8) is 0 Å². The van der Waals surface area contributed by atoms with Gasteiger partial charge in [-0.1, -0.05) is 37.3 Å². The van der Waals surface area contributed by atoms with Gasteiger partial charge < -0.3 is 5.73 Å². The Labute approximate surface area is 133 Å². The highest BCUT2D eigenvalue weighted by Crippen LogP contribution is 2.25. The molecule has 2 nitrogen and oxygen atoms in total. The largest absolute Gasteiger partial charge is 0.329 e. The van der Waals surface area contributed by atoms with Crippen LogP contribution in [0.4, 0.5) is 0 Å². The molecule has 2 unspecified atom stereocenters. The fraction of sp³-hybridized carbons (Fsp3) is 0.375. The van der Waals surface area contributed by atoms with Crippen molar-refractivity contribution in [1.29, 1.82) is 0 Å². The van der Waals surface area contributed by atoms with Crippen molar-refractivity contribution in [3.05, 3.63) is 56.7 Å². The minimum atomic E-state index is 0.344. The van der Waals surface area contributed by atoms with Gasteiger partial charge >= 0.3 is 0 Å². The van der Waals surface area contributed by atoms with Crippen LogP contribution in [0.5, 0.6) is 0 Å². The summed E-state index contributed by atoms with van der Waals surface area (Å²) in [7, 11) is 2.16. The van der Waals surface area contributed by atoms with Crippen LogP contribution >= 0.6 is 27.3 Å². The lowest BCUT2D eigenvalue weighted by molar-refractivity contribution is 0.213. The maximum atomic E-state index is 6.02. The zero-order valence-electron chi connectivity index (χ0n) is 11.9. The molecule has 108 valence electrons. The summed E-state index contributed by atoms with van der Waals surface area (Å²) in [5.41, 5.74) is 8.71. The van der Waals surface area contributed by atoms with Crippen molar-refractivity contribution in [2.75, 3.05) is 13.6 Å². The number of likely N-dealkylation sites (N-methyl/N-ethyl adjacent to an activating group) is 1. The molecule has 0 aliphatic carbocycles. The van der Waals surface area contributed by atoms with E-state index in [0.717, 1.165) is 6.54 Å². The Morgan fingerprint density at radius 3 is 2.55 bits per heavy atom. The van der Waals surface area contributed by atoms with E-state index in [1.54, 1.807) is 11.3 Å². The van der Waals surface area contributed by atoms with Crippen LogP contribution in [0.1, 0.15) is 24.0 Å². The Kier molecular flexibility index (Phi) is 5.78. The third-order valence-electron chi connectivity index (χ3n) is 3.76. The normalized spacial score (nSPS) is 14.4. The molecule has 0 fully saturated rings. The Morgan fingerprint density at radius 2 is 2.00 bits per heavy atom. The van der Waals surface area contributed by atoms with Crippen molar-refractivity contribution >= 4 is 27.3 Å². The molecule has 0 aliphatic rings. The number of thiophene rings is 1. The van der Waals surface area contributed by atoms with Crippen LogP contribution in [0, 0.1) is 0 Å². The number of hydrogen-bond donors (Lipinski definition) is 1. The van der Waals surface area contributed by atoms with E-state index in [2.05, 4.69) is 76.6 Å². The van der Waals surface area contributed by atoms with E-state index in [1.807, 2.05) is 0 Å². The molecule has 4 heteroatoms. The monoisotopic (exact) mass is 352 g/mol. The summed E-state index contributed by atoms with van der Waals surface area (Å²) in [5.74, 6) is 0.424. The minimum absolute atomic E-state index is 0.344. The standard InChI is InChI=1S/C16H21BrN2S/c1-12(14-6-4-3-5-7-14)15(9-18)19(2)10-13-8-16(17)20-11-13/h3-8,11-12,15H,9-10,18H2,1-2H3. The van der Waals surface area contributed by atoms with E-state index in [0.29, 0.717) is 18.5 Å². The average molecular weight is 353 g/mol. The van der Waals surface area contributed by atoms with Gasteiger partial charge in [0.15, 0.2) is 0 Å². The minimum Gasteiger partial charge on any atom is -0.329 e. The molecule has 1 aromatic heterocycles. The molecule has 0 saturated heterocycles. The van der Waals surface area contributed by atoms with Crippen molar-refractivity contribution in [2.45, 2.75) is 25.4 Å². The van der Waals surface area contributed by atoms with Gasteiger partial charge in [-0.3, -0.25) is 4.90 Å². The number of nitrogens with two attached hydrogens (primary N) is 1. The fourth-order valence-electron chi connectivity index (χ4n) is 2.58. The third-order valence-corrected chi connectivity index (χ3v) is 5.32. The summed E-state index contributed by atoms with van der Waals surface area (Å²) in [6, 6.07) is 13.1. The van der Waals surface area contributed by atoms with Crippen LogP contribution in [0.15, 0.2) is 45.6 Å². The van der Waals surface area contributed by atoms with Gasteiger partial charge in [0, 0.05) is 19.1 Å². The van der Waals surface area contributed by atoms with Crippen molar-refractivity contribution in [3.8, 4) is 0 Å². The lowest BCUT2D eigenvalue weighted by Crippen LogP contribution is -2.41. The maximum absolute atomic E-state index is 6.02. The first-order chi connectivity index (χ1) is 9.61. The van der Waals surface area contributed by atoms with E-state index in [-0.39, 0.29) is 0 Å². The van der Waals surface area contributed by atoms with Crippen LogP contribution in [0.3, 0.4) is 0 Å². The predicted octanol–water partition coefficient (Wildman–Crippen LogP) is 4.07. The van der Waals surface area contributed by atoms with E-state index >= 15 is 0 Å². The highest BCUT2D eigenvalue weighted by molar-refractivity contribution is 9.11. The predicted molar refractivity (Wildman–Crippen MR) is 91.2 cm³/mol. The van der Waals surface area contributed by atoms with E-state index in [4.69, 9.17) is 5.73 Å². The Morgan fingerprint density at radius 1 is 1.30 bits per heavy atom. The maximum Gasteiger partial charge on any atom is 0.0701 e. The number of halogens is 1. The van der Waals surface area contributed by atoms with E-state index < -0.39 is 0 Å². The molecule has 0 radical (unpaired) electrons. The summed E-state index contributed by atoms with van der Waals surface area (Å²) >= 11 is 5.25. The summed E-state index contributed by atoms with van der Waals surface area (Å²) in [5, 5.41) is 2.20. The molecular weight excluding hydrogens is 332 g/mol. The molecule has 2 rings (SSSR count). The molecule has 2 aromatic rings. The highest BCUT2D eigenvalue weighted by atomic mass is 79.9. The van der Waals surface area contributed by atoms with Crippen molar-refractivity contribution in [2.24, 2.45) is 5.73 Å². The highest BCUT2D eigenvalue weighted by Gasteiger charge is 2.22. The molecule has 0 spiro atoms. The second kappa shape index (κ2) is 7.36. The zero-order valence-corrected chi connectivity index (χ0v) is 14.3. The number of benzene rings is 1. The van der Waals surface area contributed by atoms with Crippen molar-refractivity contribution in [1.82, 2.24) is 4.90 Å². The summed E-state index contributed by atoms with van der Waals surface area (Å²) < 4.78 is 1.18. The van der Waals surface area contributed by atoms with Gasteiger partial charge in [0.1, 0.15) is 0 Å². The van der Waals surface area contributed by atoms with Gasteiger partial charge in [0.05, 0.1) is 3.79 Å². The summed E-state index contributed by atoms with van der Waals surface area (Å²) in [6.45, 7) is 3.85. The van der Waals surface area contributed by atoms with Gasteiger partial charge in [-0.25, -0.2) is 0 Å². The molecule has 1 heterocycles. The molecule has 1 aromatic carbocycles. The molecule has 0 aliphatic heterocycles. The van der Waals surface area contributed by atoms with Gasteiger partial charge in [-0.2, -0.15) is 0 Å². The van der Waals surface area contributed by atoms with Gasteiger partial charge in [-0.05, 0) is 51.5 Å². The van der Waals surface area contributed by atoms with Gasteiger partial charge in [0.2, 0.25) is 0 Å². The van der Waals surface area contributed by atoms with E-state index in [1.165, 1.54) is 14.9 Å². The van der Waals surface area contributed by atoms with Gasteiger partial charge in [0.25, 0.3) is 0 Å². The zero-order chi connectivity index (χ0) is 14.5. The second-order valence-corrected chi connectivity index (χ2v) is 7.47. The molecule has 2 N–H and O–H groups in total. The quantitative estimate of drug-likeness (QED) is 0.848. The van der Waals surface area contributed by atoms with Crippen LogP contribution in [-0.4, -0.2) is 24.5 Å². The van der Waals surface area contributed by atoms with Crippen LogP contribution < -0.4 is 5.73 Å². The smallest absolute Gasteiger partial charge is 0.0701 e. The fourth-order valence-corrected chi connectivity index (χ4v) is 3.78. The number of nitrogens with zero attached hydrogens (tertiary/aromatic N) is 1. The van der Waals surface area contributed by atoms with Gasteiger partial charge in [-0.15, -0.1) is 11.3 Å². The van der Waals surface area contributed by atoms with Crippen molar-refractivity contribution < 1.29 is 0 Å². The lowest BCUT2D eigenvalue weighted by atomic mass is 9.92. The molecule has 20 heavy (non-hydrogen) atoms. The third kappa shape index (κ3) is 3.92. The summed E-state index contributed by atoms with van der Waals surface area (Å²) in [6.07, 6.45) is 0. The SMILES string of the molecule is CC(c1ccccc1)C(CN)N(C)Cc1csc(Br)c1. The first kappa shape index (κ1) is 15.7. The van der Waals surface area contributed by atoms with Crippen LogP contribution in [-0.2, 0) is 6.54 Å². The molecule has 0 saturated carbocycles. The number of rotatable bonds is 6. The molecule has 2 atom stereocenters. The Balaban J connectivity index is 2.07. The molecular formula is C16H21BrN2S. The first-order valence-electron chi connectivity index (χ1n) is 6.80. The Bertz CT molecular complexity index is 526. The second-order valence-electron chi connectivity index (χ2n) is 5.18. The molecule has 0 bridgehead atoms. The van der Waals surface area contributed by atoms with E-state index in [9.17, 15) is 0 Å².